The number of hydrogen-bond acceptors (Lipinski definition) is 6. The molecular weight excluding hydrogens is 825 g/mol. The van der Waals surface area contributed by atoms with E-state index in [0.29, 0.717) is 12.8 Å². The maximum absolute atomic E-state index is 12.9. The third-order valence-corrected chi connectivity index (χ3v) is 11.7. The topological polar surface area (TPSA) is 142 Å². The zero-order chi connectivity index (χ0) is 48.2. The SMILES string of the molecule is CC/C=C\C/C=C\C/C=C\C/C=C\CCCCCCCCCCCCC(=O)OC(CCCCC/C=C\C/C=C\CCCCCCC)CCCCCCCC(=O)NCC(=O)NC(CO)C(=O)O. The van der Waals surface area contributed by atoms with Gasteiger partial charge >= 0.3 is 11.9 Å². The van der Waals surface area contributed by atoms with Gasteiger partial charge in [-0.05, 0) is 109 Å². The average Bonchev–Trinajstić information content (AvgIpc) is 3.30. The van der Waals surface area contributed by atoms with Crippen molar-refractivity contribution in [3.8, 4) is 0 Å². The number of carboxylic acids is 1. The minimum absolute atomic E-state index is 0.0439. The van der Waals surface area contributed by atoms with Crippen molar-refractivity contribution in [2.45, 2.75) is 251 Å². The number of carbonyl (C=O) groups excluding carboxylic acids is 3. The van der Waals surface area contributed by atoms with Crippen molar-refractivity contribution in [3.05, 3.63) is 72.9 Å². The lowest BCUT2D eigenvalue weighted by Crippen LogP contribution is -2.47. The Morgan fingerprint density at radius 3 is 1.32 bits per heavy atom. The molecule has 0 radical (unpaired) electrons. The first kappa shape index (κ1) is 62.3. The Balaban J connectivity index is 4.32. The van der Waals surface area contributed by atoms with Crippen molar-refractivity contribution in [1.82, 2.24) is 10.6 Å². The first-order valence-corrected chi connectivity index (χ1v) is 26.8. The smallest absolute Gasteiger partial charge is 0.328 e. The second kappa shape index (κ2) is 50.7. The highest BCUT2D eigenvalue weighted by Crippen LogP contribution is 2.19. The van der Waals surface area contributed by atoms with Crippen molar-refractivity contribution < 1.29 is 34.1 Å². The third kappa shape index (κ3) is 46.8. The number of rotatable bonds is 48. The number of nitrogens with one attached hydrogen (secondary N) is 2. The van der Waals surface area contributed by atoms with Crippen LogP contribution in [-0.4, -0.2) is 59.3 Å². The number of unbranched alkanes of at least 4 members (excludes halogenated alkanes) is 22. The minimum atomic E-state index is -1.39. The van der Waals surface area contributed by atoms with Crippen molar-refractivity contribution in [2.75, 3.05) is 13.2 Å². The van der Waals surface area contributed by atoms with E-state index in [0.717, 1.165) is 109 Å². The summed E-state index contributed by atoms with van der Waals surface area (Å²) in [5.74, 6) is -2.31. The first-order valence-electron chi connectivity index (χ1n) is 26.8. The van der Waals surface area contributed by atoms with E-state index in [1.165, 1.54) is 96.3 Å². The average molecular weight is 923 g/mol. The Morgan fingerprint density at radius 2 is 0.864 bits per heavy atom. The zero-order valence-corrected chi connectivity index (χ0v) is 42.2. The predicted octanol–water partition coefficient (Wildman–Crippen LogP) is 14.6. The summed E-state index contributed by atoms with van der Waals surface area (Å²) < 4.78 is 6.07. The lowest BCUT2D eigenvalue weighted by atomic mass is 10.0. The number of aliphatic hydroxyl groups is 1. The Kier molecular flexibility index (Phi) is 47.8. The van der Waals surface area contributed by atoms with Gasteiger partial charge in [-0.1, -0.05) is 189 Å². The summed E-state index contributed by atoms with van der Waals surface area (Å²) in [7, 11) is 0. The Bertz CT molecular complexity index is 1330. The van der Waals surface area contributed by atoms with Crippen molar-refractivity contribution in [3.63, 3.8) is 0 Å². The van der Waals surface area contributed by atoms with E-state index in [-0.39, 0.29) is 30.9 Å². The van der Waals surface area contributed by atoms with Gasteiger partial charge in [0.1, 0.15) is 12.1 Å². The Morgan fingerprint density at radius 1 is 0.470 bits per heavy atom. The highest BCUT2D eigenvalue weighted by atomic mass is 16.5. The van der Waals surface area contributed by atoms with Crippen LogP contribution in [0.2, 0.25) is 0 Å². The largest absolute Gasteiger partial charge is 0.480 e. The molecule has 2 atom stereocenters. The number of esters is 1. The molecule has 0 aliphatic carbocycles. The number of aliphatic carboxylic acids is 1. The molecule has 0 spiro atoms. The molecule has 0 aliphatic heterocycles. The lowest BCUT2D eigenvalue weighted by molar-refractivity contribution is -0.150. The monoisotopic (exact) mass is 923 g/mol. The van der Waals surface area contributed by atoms with Crippen LogP contribution in [0, 0.1) is 0 Å². The molecule has 0 saturated heterocycles. The van der Waals surface area contributed by atoms with Gasteiger partial charge in [-0.25, -0.2) is 4.79 Å². The summed E-state index contributed by atoms with van der Waals surface area (Å²) in [4.78, 5) is 47.9. The predicted molar refractivity (Wildman–Crippen MR) is 277 cm³/mol. The highest BCUT2D eigenvalue weighted by molar-refractivity contribution is 5.87. The van der Waals surface area contributed by atoms with Crippen molar-refractivity contribution >= 4 is 23.8 Å². The molecule has 2 unspecified atom stereocenters. The number of carboxylic acid groups (broad SMARTS) is 1. The van der Waals surface area contributed by atoms with Gasteiger partial charge in [0.25, 0.3) is 0 Å². The van der Waals surface area contributed by atoms with E-state index in [1.807, 2.05) is 0 Å². The fourth-order valence-corrected chi connectivity index (χ4v) is 7.62. The van der Waals surface area contributed by atoms with Crippen LogP contribution < -0.4 is 10.6 Å². The summed E-state index contributed by atoms with van der Waals surface area (Å²) in [6, 6.07) is -1.39. The maximum Gasteiger partial charge on any atom is 0.328 e. The molecule has 0 aromatic carbocycles. The second-order valence-corrected chi connectivity index (χ2v) is 17.9. The molecule has 0 saturated carbocycles. The molecule has 0 heterocycles. The van der Waals surface area contributed by atoms with Crippen LogP contribution in [0.5, 0.6) is 0 Å². The minimum Gasteiger partial charge on any atom is -0.480 e. The van der Waals surface area contributed by atoms with Crippen LogP contribution in [0.15, 0.2) is 72.9 Å². The summed E-state index contributed by atoms with van der Waals surface area (Å²) >= 11 is 0. The quantitative estimate of drug-likeness (QED) is 0.0270. The van der Waals surface area contributed by atoms with Gasteiger partial charge in [0.05, 0.1) is 13.2 Å². The van der Waals surface area contributed by atoms with Crippen LogP contribution in [0.4, 0.5) is 0 Å². The number of hydrogen-bond donors (Lipinski definition) is 4. The molecule has 9 heteroatoms. The fourth-order valence-electron chi connectivity index (χ4n) is 7.62. The number of allylic oxidation sites excluding steroid dienone is 12. The van der Waals surface area contributed by atoms with Crippen LogP contribution in [0.1, 0.15) is 239 Å². The lowest BCUT2D eigenvalue weighted by Gasteiger charge is -2.18. The molecule has 378 valence electrons. The van der Waals surface area contributed by atoms with Gasteiger partial charge in [0, 0.05) is 12.8 Å². The molecule has 0 aliphatic rings. The summed E-state index contributed by atoms with van der Waals surface area (Å²) in [5.41, 5.74) is 0. The van der Waals surface area contributed by atoms with Gasteiger partial charge in [0.15, 0.2) is 0 Å². The molecule has 66 heavy (non-hydrogen) atoms. The molecule has 2 amide bonds. The standard InChI is InChI=1S/C57H98N2O7/c1-3-5-7-9-11-13-15-17-19-20-21-22-23-24-25-26-28-30-32-34-36-41-45-49-56(63)66-52(46-42-38-35-33-31-29-27-18-16-14-12-10-8-6-4-2)47-43-39-37-40-44-48-54(61)58-50-55(62)59-53(51-60)57(64)65/h5,7,11,13,16-19,21-22,29,31,52-53,60H,3-4,6,8-10,12,14-15,20,23-28,30,32-51H2,1-2H3,(H,58,61)(H,59,62)(H,64,65)/b7-5-,13-11-,18-16-,19-17-,22-21-,31-29-. The molecule has 0 bridgehead atoms. The van der Waals surface area contributed by atoms with Crippen LogP contribution in [0.3, 0.4) is 0 Å². The number of aliphatic hydroxyl groups excluding tert-OH is 1. The van der Waals surface area contributed by atoms with E-state index < -0.39 is 24.5 Å². The molecule has 0 aromatic heterocycles. The summed E-state index contributed by atoms with van der Waals surface area (Å²) in [6.07, 6.45) is 65.1. The molecule has 4 N–H and O–H groups in total. The Labute approximate surface area is 403 Å². The van der Waals surface area contributed by atoms with Crippen molar-refractivity contribution in [2.24, 2.45) is 0 Å². The van der Waals surface area contributed by atoms with E-state index in [9.17, 15) is 19.2 Å². The molecule has 0 fully saturated rings. The van der Waals surface area contributed by atoms with E-state index in [4.69, 9.17) is 14.9 Å². The third-order valence-electron chi connectivity index (χ3n) is 11.7. The highest BCUT2D eigenvalue weighted by Gasteiger charge is 2.19. The van der Waals surface area contributed by atoms with Gasteiger partial charge in [-0.3, -0.25) is 14.4 Å². The molecule has 0 rings (SSSR count). The van der Waals surface area contributed by atoms with Gasteiger partial charge in [0.2, 0.25) is 11.8 Å². The van der Waals surface area contributed by atoms with Gasteiger partial charge in [-0.2, -0.15) is 0 Å². The zero-order valence-electron chi connectivity index (χ0n) is 42.2. The van der Waals surface area contributed by atoms with E-state index in [1.54, 1.807) is 0 Å². The van der Waals surface area contributed by atoms with Crippen LogP contribution in [0.25, 0.3) is 0 Å². The van der Waals surface area contributed by atoms with Crippen molar-refractivity contribution in [1.29, 1.82) is 0 Å². The Hall–Kier alpha value is -3.72. The van der Waals surface area contributed by atoms with Crippen LogP contribution in [-0.2, 0) is 23.9 Å². The molecule has 9 nitrogen and oxygen atoms in total. The second-order valence-electron chi connectivity index (χ2n) is 17.9. The van der Waals surface area contributed by atoms with E-state index >= 15 is 0 Å². The normalized spacial score (nSPS) is 13.0. The first-order chi connectivity index (χ1) is 32.3. The van der Waals surface area contributed by atoms with Gasteiger partial charge in [-0.15, -0.1) is 0 Å². The number of carbonyl (C=O) groups is 4. The fraction of sp³-hybridized carbons (Fsp3) is 0.719. The number of amides is 2. The summed E-state index contributed by atoms with van der Waals surface area (Å²) in [5, 5.41) is 22.6. The van der Waals surface area contributed by atoms with Gasteiger partial charge < -0.3 is 25.6 Å². The molecular formula is C57H98N2O7. The number of ether oxygens (including phenoxy) is 1. The van der Waals surface area contributed by atoms with Crippen LogP contribution >= 0.6 is 0 Å². The van der Waals surface area contributed by atoms with E-state index in [2.05, 4.69) is 97.4 Å². The maximum atomic E-state index is 12.9. The summed E-state index contributed by atoms with van der Waals surface area (Å²) in [6.45, 7) is 3.37. The molecule has 0 aromatic rings.